The van der Waals surface area contributed by atoms with Crippen molar-refractivity contribution >= 4 is 50.6 Å². The number of carbonyl (C=O) groups excluding carboxylic acids is 1. The quantitative estimate of drug-likeness (QED) is 0.399. The maximum atomic E-state index is 11.8. The molecule has 182 valence electrons. The van der Waals surface area contributed by atoms with Crippen LogP contribution in [0.25, 0.3) is 0 Å². The maximum Gasteiger partial charge on any atom is 0.209 e. The molecular formula is C22H26Cl3NO6S. The number of rotatable bonds is 12. The van der Waals surface area contributed by atoms with Gasteiger partial charge in [-0.2, -0.15) is 0 Å². The summed E-state index contributed by atoms with van der Waals surface area (Å²) in [4.78, 5) is 11.8. The van der Waals surface area contributed by atoms with Gasteiger partial charge in [-0.05, 0) is 35.4 Å². The van der Waals surface area contributed by atoms with Crippen molar-refractivity contribution in [1.29, 1.82) is 0 Å². The molecular weight excluding hydrogens is 513 g/mol. The van der Waals surface area contributed by atoms with Crippen LogP contribution < -0.4 is 14.2 Å². The highest BCUT2D eigenvalue weighted by Crippen LogP contribution is 2.40. The molecule has 0 saturated carbocycles. The number of hydrogen-bond acceptors (Lipinski definition) is 6. The Bertz CT molecular complexity index is 1050. The molecule has 0 bridgehead atoms. The number of ketones is 1. The van der Waals surface area contributed by atoms with Crippen LogP contribution in [0.2, 0.25) is 10.0 Å². The van der Waals surface area contributed by atoms with Crippen molar-refractivity contribution < 1.29 is 27.8 Å². The molecule has 2 rings (SSSR count). The highest BCUT2D eigenvalue weighted by atomic mass is 35.5. The summed E-state index contributed by atoms with van der Waals surface area (Å²) < 4.78 is 35.2. The fourth-order valence-corrected chi connectivity index (χ4v) is 3.95. The first-order valence-electron chi connectivity index (χ1n) is 9.89. The number of ether oxygens (including phenoxy) is 2. The molecule has 33 heavy (non-hydrogen) atoms. The van der Waals surface area contributed by atoms with E-state index in [1.165, 1.54) is 0 Å². The molecule has 0 heterocycles. The van der Waals surface area contributed by atoms with Crippen LogP contribution in [0.1, 0.15) is 25.0 Å². The molecule has 0 aromatic heterocycles. The Morgan fingerprint density at radius 2 is 1.67 bits per heavy atom. The number of carbonyl (C=O) groups is 1. The van der Waals surface area contributed by atoms with Crippen LogP contribution in [0.3, 0.4) is 0 Å². The van der Waals surface area contributed by atoms with Gasteiger partial charge in [0.05, 0.1) is 28.7 Å². The highest BCUT2D eigenvalue weighted by molar-refractivity contribution is 7.88. The minimum atomic E-state index is -3.44. The number of hydrogen-bond donors (Lipinski definition) is 2. The van der Waals surface area contributed by atoms with E-state index in [-0.39, 0.29) is 31.4 Å². The average Bonchev–Trinajstić information content (AvgIpc) is 2.75. The first kappa shape index (κ1) is 27.7. The predicted octanol–water partition coefficient (Wildman–Crippen LogP) is 3.79. The lowest BCUT2D eigenvalue weighted by Crippen LogP contribution is -2.31. The second-order valence-corrected chi connectivity index (χ2v) is 10.9. The number of aliphatic hydroxyl groups excluding tert-OH is 1. The Kier molecular flexibility index (Phi) is 9.84. The van der Waals surface area contributed by atoms with Crippen molar-refractivity contribution in [1.82, 2.24) is 4.72 Å². The second-order valence-electron chi connectivity index (χ2n) is 7.96. The van der Waals surface area contributed by atoms with Gasteiger partial charge in [0.1, 0.15) is 25.1 Å². The molecule has 7 nitrogen and oxygen atoms in total. The summed E-state index contributed by atoms with van der Waals surface area (Å²) in [5, 5.41) is 10.2. The first-order chi connectivity index (χ1) is 15.3. The minimum absolute atomic E-state index is 0.0278. The van der Waals surface area contributed by atoms with Crippen LogP contribution in [0.15, 0.2) is 36.4 Å². The molecule has 0 aliphatic carbocycles. The molecule has 0 radical (unpaired) electrons. The Morgan fingerprint density at radius 1 is 1.09 bits per heavy atom. The zero-order valence-corrected chi connectivity index (χ0v) is 21.5. The fourth-order valence-electron chi connectivity index (χ4n) is 2.84. The molecule has 0 aliphatic rings. The van der Waals surface area contributed by atoms with E-state index in [4.69, 9.17) is 44.3 Å². The fraction of sp³-hybridized carbons (Fsp3) is 0.409. The molecule has 0 unspecified atom stereocenters. The molecule has 0 amide bonds. The van der Waals surface area contributed by atoms with E-state index >= 15 is 0 Å². The predicted molar refractivity (Wildman–Crippen MR) is 131 cm³/mol. The molecule has 11 heteroatoms. The van der Waals surface area contributed by atoms with Crippen molar-refractivity contribution in [3.8, 4) is 11.5 Å². The van der Waals surface area contributed by atoms with Crippen LogP contribution in [0, 0.1) is 0 Å². The Labute approximate surface area is 209 Å². The molecule has 2 N–H and O–H groups in total. The first-order valence-corrected chi connectivity index (χ1v) is 13.1. The summed E-state index contributed by atoms with van der Waals surface area (Å²) in [5.41, 5.74) is 1.31. The molecule has 0 spiro atoms. The van der Waals surface area contributed by atoms with Gasteiger partial charge in [-0.3, -0.25) is 4.79 Å². The van der Waals surface area contributed by atoms with Crippen LogP contribution >= 0.6 is 34.8 Å². The lowest BCUT2D eigenvalue weighted by molar-refractivity contribution is -0.119. The van der Waals surface area contributed by atoms with E-state index in [1.54, 1.807) is 24.3 Å². The maximum absolute atomic E-state index is 11.8. The molecule has 0 aliphatic heterocycles. The van der Waals surface area contributed by atoms with Crippen molar-refractivity contribution in [2.45, 2.75) is 25.4 Å². The lowest BCUT2D eigenvalue weighted by Gasteiger charge is -2.27. The van der Waals surface area contributed by atoms with Gasteiger partial charge in [-0.25, -0.2) is 13.1 Å². The zero-order chi connectivity index (χ0) is 24.8. The summed E-state index contributed by atoms with van der Waals surface area (Å²) in [7, 11) is -3.44. The van der Waals surface area contributed by atoms with E-state index in [9.17, 15) is 18.3 Å². The largest absolute Gasteiger partial charge is 0.488 e. The van der Waals surface area contributed by atoms with E-state index in [0.717, 1.165) is 17.4 Å². The number of halogens is 3. The van der Waals surface area contributed by atoms with Gasteiger partial charge in [0, 0.05) is 5.41 Å². The number of benzene rings is 2. The van der Waals surface area contributed by atoms with Gasteiger partial charge in [0.15, 0.2) is 11.5 Å². The van der Waals surface area contributed by atoms with Gasteiger partial charge >= 0.3 is 0 Å². The third-order valence-corrected chi connectivity index (χ3v) is 6.41. The summed E-state index contributed by atoms with van der Waals surface area (Å²) >= 11 is 18.4. The normalized spacial score (nSPS) is 12.9. The smallest absolute Gasteiger partial charge is 0.209 e. The summed E-state index contributed by atoms with van der Waals surface area (Å²) in [5.74, 6) is 0.391. The van der Waals surface area contributed by atoms with Gasteiger partial charge in [-0.15, -0.1) is 11.6 Å². The third kappa shape index (κ3) is 8.31. The number of Topliss-reactive ketones (excluding diaryl/α,β-unsaturated/α-hetero) is 1. The van der Waals surface area contributed by atoms with Crippen LogP contribution in [0.4, 0.5) is 0 Å². The SMILES string of the molecule is CC(C)(c1ccc(OCC(=O)CNS(C)(=O)=O)cc1)c1cc(Cl)c(OC[C@@H](O)CCl)c(Cl)c1. The molecule has 0 fully saturated rings. The van der Waals surface area contributed by atoms with Gasteiger partial charge in [0.2, 0.25) is 10.0 Å². The van der Waals surface area contributed by atoms with E-state index < -0.39 is 27.3 Å². The number of alkyl halides is 1. The minimum Gasteiger partial charge on any atom is -0.488 e. The van der Waals surface area contributed by atoms with E-state index in [0.29, 0.717) is 15.8 Å². The van der Waals surface area contributed by atoms with Crippen molar-refractivity contribution in [3.63, 3.8) is 0 Å². The second kappa shape index (κ2) is 11.7. The molecule has 1 atom stereocenters. The summed E-state index contributed by atoms with van der Waals surface area (Å²) in [6, 6.07) is 10.7. The number of aliphatic hydroxyl groups is 1. The average molecular weight is 539 g/mol. The number of nitrogens with one attached hydrogen (secondary N) is 1. The van der Waals surface area contributed by atoms with Crippen molar-refractivity contribution in [3.05, 3.63) is 57.6 Å². The van der Waals surface area contributed by atoms with Crippen molar-refractivity contribution in [2.24, 2.45) is 0 Å². The molecule has 2 aromatic carbocycles. The van der Waals surface area contributed by atoms with Gasteiger partial charge in [0.25, 0.3) is 0 Å². The number of sulfonamides is 1. The Balaban J connectivity index is 2.09. The van der Waals surface area contributed by atoms with Crippen LogP contribution in [-0.4, -0.2) is 57.3 Å². The van der Waals surface area contributed by atoms with Crippen molar-refractivity contribution in [2.75, 3.05) is 31.9 Å². The third-order valence-electron chi connectivity index (χ3n) is 4.83. The lowest BCUT2D eigenvalue weighted by atomic mass is 9.78. The zero-order valence-electron chi connectivity index (χ0n) is 18.4. The topological polar surface area (TPSA) is 102 Å². The molecule has 2 aromatic rings. The summed E-state index contributed by atoms with van der Waals surface area (Å²) in [6.45, 7) is 3.40. The van der Waals surface area contributed by atoms with Gasteiger partial charge < -0.3 is 14.6 Å². The van der Waals surface area contributed by atoms with E-state index in [2.05, 4.69) is 4.72 Å². The molecule has 0 saturated heterocycles. The van der Waals surface area contributed by atoms with Crippen LogP contribution in [0.5, 0.6) is 11.5 Å². The van der Waals surface area contributed by atoms with Crippen LogP contribution in [-0.2, 0) is 20.2 Å². The van der Waals surface area contributed by atoms with Gasteiger partial charge in [-0.1, -0.05) is 49.2 Å². The Morgan fingerprint density at radius 3 is 2.18 bits per heavy atom. The highest BCUT2D eigenvalue weighted by Gasteiger charge is 2.26. The standard InChI is InChI=1S/C22H26Cl3NO6S/c1-22(2,15-8-19(24)21(20(25)9-15)32-12-16(27)10-23)14-4-6-18(7-5-14)31-13-17(28)11-26-33(3,29)30/h4-9,16,26-27H,10-13H2,1-3H3/t16-/m0/s1. The summed E-state index contributed by atoms with van der Waals surface area (Å²) in [6.07, 6.45) is 0.149. The monoisotopic (exact) mass is 537 g/mol. The Hall–Kier alpha value is -1.55. The van der Waals surface area contributed by atoms with E-state index in [1.807, 2.05) is 26.0 Å².